The maximum atomic E-state index is 12.7. The molecule has 0 N–H and O–H groups in total. The molecule has 4 rings (SSSR count). The summed E-state index contributed by atoms with van der Waals surface area (Å²) in [6, 6.07) is 6.61. The highest BCUT2D eigenvalue weighted by Crippen LogP contribution is 2.40. The topological polar surface area (TPSA) is 79.1 Å². The van der Waals surface area contributed by atoms with E-state index in [2.05, 4.69) is 46.8 Å². The summed E-state index contributed by atoms with van der Waals surface area (Å²) in [5.41, 5.74) is 1.59. The van der Waals surface area contributed by atoms with E-state index in [1.54, 1.807) is 12.7 Å². The van der Waals surface area contributed by atoms with E-state index in [1.165, 1.54) is 16.9 Å². The van der Waals surface area contributed by atoms with Crippen LogP contribution in [0.1, 0.15) is 77.3 Å². The van der Waals surface area contributed by atoms with Gasteiger partial charge in [-0.2, -0.15) is 0 Å². The van der Waals surface area contributed by atoms with Crippen molar-refractivity contribution in [3.8, 4) is 5.19 Å². The zero-order chi connectivity index (χ0) is 23.3. The minimum Gasteiger partial charge on any atom is -0.469 e. The smallest absolute Gasteiger partial charge is 0.315 e. The fourth-order valence-corrected chi connectivity index (χ4v) is 5.92. The van der Waals surface area contributed by atoms with Crippen LogP contribution in [-0.2, 0) is 9.53 Å². The average Bonchev–Trinajstić information content (AvgIpc) is 3.51. The third-order valence-electron chi connectivity index (χ3n) is 6.98. The number of fused-ring (bicyclic) bond motifs is 1. The molecule has 1 fully saturated rings. The number of ether oxygens (including phenoxy) is 2. The van der Waals surface area contributed by atoms with Gasteiger partial charge >= 0.3 is 5.97 Å². The van der Waals surface area contributed by atoms with Crippen molar-refractivity contribution >= 4 is 27.5 Å². The molecule has 0 amide bonds. The molecule has 1 aliphatic rings. The van der Waals surface area contributed by atoms with Crippen LogP contribution in [0.15, 0.2) is 30.9 Å². The quantitative estimate of drug-likeness (QED) is 0.348. The Balaban J connectivity index is 1.57. The molecule has 1 atom stereocenters. The van der Waals surface area contributed by atoms with Crippen molar-refractivity contribution in [2.75, 3.05) is 13.2 Å². The van der Waals surface area contributed by atoms with E-state index in [0.717, 1.165) is 55.2 Å². The van der Waals surface area contributed by atoms with Crippen molar-refractivity contribution in [2.45, 2.75) is 71.8 Å². The van der Waals surface area contributed by atoms with Gasteiger partial charge in [-0.25, -0.2) is 4.98 Å². The molecule has 1 aliphatic carbocycles. The molecule has 0 spiro atoms. The zero-order valence-electron chi connectivity index (χ0n) is 19.8. The molecule has 33 heavy (non-hydrogen) atoms. The van der Waals surface area contributed by atoms with Gasteiger partial charge in [0.2, 0.25) is 0 Å². The van der Waals surface area contributed by atoms with Gasteiger partial charge < -0.3 is 14.0 Å². The van der Waals surface area contributed by atoms with Crippen LogP contribution in [0.3, 0.4) is 0 Å². The van der Waals surface area contributed by atoms with Crippen molar-refractivity contribution in [1.29, 1.82) is 0 Å². The van der Waals surface area contributed by atoms with E-state index in [9.17, 15) is 4.79 Å². The number of hydrogen-bond donors (Lipinski definition) is 0. The summed E-state index contributed by atoms with van der Waals surface area (Å²) in [5, 5.41) is 8.68. The molecule has 2 heterocycles. The highest BCUT2D eigenvalue weighted by molar-refractivity contribution is 7.20. The summed E-state index contributed by atoms with van der Waals surface area (Å²) in [7, 11) is 0. The molecule has 7 nitrogen and oxygen atoms in total. The number of benzene rings is 1. The average molecular weight is 471 g/mol. The summed E-state index contributed by atoms with van der Waals surface area (Å²) in [4.78, 5) is 17.4. The van der Waals surface area contributed by atoms with Gasteiger partial charge in [0.25, 0.3) is 5.19 Å². The molecule has 0 bridgehead atoms. The Labute approximate surface area is 199 Å². The number of esters is 1. The van der Waals surface area contributed by atoms with Gasteiger partial charge in [-0.05, 0) is 43.4 Å². The summed E-state index contributed by atoms with van der Waals surface area (Å²) in [6.07, 6.45) is 10.6. The number of aromatic nitrogens is 4. The Bertz CT molecular complexity index is 1040. The summed E-state index contributed by atoms with van der Waals surface area (Å²) < 4.78 is 14.7. The fraction of sp³-hybridized carbons (Fsp3) is 0.600. The van der Waals surface area contributed by atoms with Crippen LogP contribution in [0.5, 0.6) is 5.19 Å². The molecule has 3 aromatic rings. The van der Waals surface area contributed by atoms with E-state index in [-0.39, 0.29) is 12.0 Å². The van der Waals surface area contributed by atoms with Crippen molar-refractivity contribution in [1.82, 2.24) is 19.7 Å². The van der Waals surface area contributed by atoms with Gasteiger partial charge in [0.15, 0.2) is 0 Å². The molecular formula is C25H34N4O3S. The Morgan fingerprint density at radius 2 is 1.85 bits per heavy atom. The monoisotopic (exact) mass is 470 g/mol. The lowest BCUT2D eigenvalue weighted by Crippen LogP contribution is -2.40. The van der Waals surface area contributed by atoms with Crippen molar-refractivity contribution in [2.24, 2.45) is 11.3 Å². The van der Waals surface area contributed by atoms with E-state index in [0.29, 0.717) is 24.3 Å². The van der Waals surface area contributed by atoms with Gasteiger partial charge in [0.05, 0.1) is 22.9 Å². The van der Waals surface area contributed by atoms with Crippen LogP contribution in [-0.4, -0.2) is 38.9 Å². The number of rotatable bonds is 10. The van der Waals surface area contributed by atoms with Crippen molar-refractivity contribution in [3.63, 3.8) is 0 Å². The Morgan fingerprint density at radius 3 is 2.52 bits per heavy atom. The zero-order valence-corrected chi connectivity index (χ0v) is 20.6. The first-order valence-corrected chi connectivity index (χ1v) is 13.0. The highest BCUT2D eigenvalue weighted by atomic mass is 32.1. The lowest BCUT2D eigenvalue weighted by molar-refractivity contribution is -0.159. The third kappa shape index (κ3) is 5.05. The Morgan fingerprint density at radius 1 is 1.12 bits per heavy atom. The normalized spacial score (nSPS) is 16.7. The van der Waals surface area contributed by atoms with Crippen LogP contribution >= 0.6 is 11.3 Å². The van der Waals surface area contributed by atoms with Crippen LogP contribution < -0.4 is 4.74 Å². The molecular weight excluding hydrogens is 436 g/mol. The van der Waals surface area contributed by atoms with E-state index < -0.39 is 5.41 Å². The van der Waals surface area contributed by atoms with E-state index >= 15 is 0 Å². The third-order valence-corrected chi connectivity index (χ3v) is 7.91. The molecule has 0 radical (unpaired) electrons. The minimum atomic E-state index is -0.549. The Kier molecular flexibility index (Phi) is 7.63. The molecule has 1 aromatic carbocycles. The lowest BCUT2D eigenvalue weighted by atomic mass is 9.74. The first-order valence-electron chi connectivity index (χ1n) is 12.1. The SMILES string of the molecule is CCOC(=O)C1(COc2nc3ccc(C(C(CC)CC)n4cnnc4)cc3s2)CCCCC1. The molecule has 2 aromatic heterocycles. The number of hydrogen-bond acceptors (Lipinski definition) is 7. The highest BCUT2D eigenvalue weighted by Gasteiger charge is 2.42. The van der Waals surface area contributed by atoms with Crippen molar-refractivity contribution in [3.05, 3.63) is 36.4 Å². The first-order chi connectivity index (χ1) is 16.1. The molecule has 0 aliphatic heterocycles. The standard InChI is InChI=1S/C25H34N4O3S/c1-4-18(5-2)22(29-16-26-27-17-29)19-10-11-20-21(14-19)33-24(28-20)32-15-25(23(30)31-6-3)12-8-7-9-13-25/h10-11,14,16-18,22H,4-9,12-13,15H2,1-3H3. The van der Waals surface area contributed by atoms with Crippen molar-refractivity contribution < 1.29 is 14.3 Å². The number of nitrogens with zero attached hydrogens (tertiary/aromatic N) is 4. The first kappa shape index (κ1) is 23.7. The maximum Gasteiger partial charge on any atom is 0.315 e. The maximum absolute atomic E-state index is 12.7. The van der Waals surface area contributed by atoms with Crippen LogP contribution in [0.2, 0.25) is 0 Å². The molecule has 1 saturated carbocycles. The summed E-state index contributed by atoms with van der Waals surface area (Å²) >= 11 is 1.54. The lowest BCUT2D eigenvalue weighted by Gasteiger charge is -2.33. The second-order valence-corrected chi connectivity index (χ2v) is 9.98. The molecule has 178 valence electrons. The van der Waals surface area contributed by atoms with E-state index in [1.807, 2.05) is 6.92 Å². The van der Waals surface area contributed by atoms with E-state index in [4.69, 9.17) is 14.5 Å². The number of carbonyl (C=O) groups excluding carboxylic acids is 1. The summed E-state index contributed by atoms with van der Waals surface area (Å²) in [6.45, 7) is 7.04. The predicted octanol–water partition coefficient (Wildman–Crippen LogP) is 5.81. The van der Waals surface area contributed by atoms with Crippen LogP contribution in [0.4, 0.5) is 0 Å². The van der Waals surface area contributed by atoms with Gasteiger partial charge in [-0.3, -0.25) is 4.79 Å². The van der Waals surface area contributed by atoms with Gasteiger partial charge in [-0.15, -0.1) is 10.2 Å². The molecule has 0 saturated heterocycles. The van der Waals surface area contributed by atoms with Crippen LogP contribution in [0, 0.1) is 11.3 Å². The number of thiazole rings is 1. The fourth-order valence-electron chi connectivity index (χ4n) is 5.06. The minimum absolute atomic E-state index is 0.130. The van der Waals surface area contributed by atoms with Gasteiger partial charge in [0, 0.05) is 0 Å². The second-order valence-electron chi connectivity index (χ2n) is 8.99. The van der Waals surface area contributed by atoms with Gasteiger partial charge in [-0.1, -0.05) is 63.4 Å². The largest absolute Gasteiger partial charge is 0.469 e. The molecule has 1 unspecified atom stereocenters. The molecule has 8 heteroatoms. The summed E-state index contributed by atoms with van der Waals surface area (Å²) in [5.74, 6) is 0.355. The van der Waals surface area contributed by atoms with Gasteiger partial charge in [0.1, 0.15) is 24.7 Å². The second kappa shape index (κ2) is 10.6. The van der Waals surface area contributed by atoms with Crippen LogP contribution in [0.25, 0.3) is 10.2 Å². The Hall–Kier alpha value is -2.48. The predicted molar refractivity (Wildman–Crippen MR) is 129 cm³/mol. The number of carbonyl (C=O) groups is 1.